The van der Waals surface area contributed by atoms with Crippen LogP contribution in [0.25, 0.3) is 0 Å². The summed E-state index contributed by atoms with van der Waals surface area (Å²) >= 11 is 0. The van der Waals surface area contributed by atoms with Crippen molar-refractivity contribution in [2.75, 3.05) is 20.2 Å². The number of carbonyl (C=O) groups is 2. The number of esters is 1. The maximum Gasteiger partial charge on any atom is 0.323 e. The lowest BCUT2D eigenvalue weighted by Crippen LogP contribution is -2.50. The molecular weight excluding hydrogens is 364 g/mol. The van der Waals surface area contributed by atoms with Gasteiger partial charge in [-0.1, -0.05) is 62.4 Å². The molecule has 154 valence electrons. The minimum atomic E-state index is -0.427. The van der Waals surface area contributed by atoms with Crippen LogP contribution in [0.5, 0.6) is 0 Å². The van der Waals surface area contributed by atoms with Crippen molar-refractivity contribution in [1.82, 2.24) is 10.2 Å². The number of methoxy groups -OCH3 is 1. The number of ether oxygens (including phenoxy) is 1. The van der Waals surface area contributed by atoms with Crippen LogP contribution in [-0.2, 0) is 33.7 Å². The van der Waals surface area contributed by atoms with E-state index < -0.39 is 6.04 Å². The van der Waals surface area contributed by atoms with Crippen LogP contribution in [0.3, 0.4) is 0 Å². The SMILES string of the molecule is COC(=O)[C@@H]1Cc2ccccc2CN1CC(=O)NCCc1ccc(C(C)C)cc1. The number of nitrogens with one attached hydrogen (secondary N) is 1. The van der Waals surface area contributed by atoms with Gasteiger partial charge in [0, 0.05) is 13.1 Å². The molecule has 0 spiro atoms. The molecular formula is C24H30N2O3. The zero-order chi connectivity index (χ0) is 20.8. The number of hydrogen-bond donors (Lipinski definition) is 1. The van der Waals surface area contributed by atoms with Crippen molar-refractivity contribution < 1.29 is 14.3 Å². The highest BCUT2D eigenvalue weighted by Gasteiger charge is 2.33. The first-order chi connectivity index (χ1) is 14.0. The Morgan fingerprint density at radius 2 is 1.79 bits per heavy atom. The van der Waals surface area contributed by atoms with Crippen molar-refractivity contribution >= 4 is 11.9 Å². The number of benzene rings is 2. The standard InChI is InChI=1S/C24H30N2O3/c1-17(2)19-10-8-18(9-11-19)12-13-25-23(27)16-26-15-21-7-5-4-6-20(21)14-22(26)24(28)29-3/h4-11,17,22H,12-16H2,1-3H3,(H,25,27)/t22-/m0/s1. The second-order valence-electron chi connectivity index (χ2n) is 7.91. The van der Waals surface area contributed by atoms with E-state index in [4.69, 9.17) is 4.74 Å². The number of fused-ring (bicyclic) bond motifs is 1. The summed E-state index contributed by atoms with van der Waals surface area (Å²) in [5.74, 6) is 0.149. The van der Waals surface area contributed by atoms with Gasteiger partial charge in [0.25, 0.3) is 0 Å². The molecule has 1 atom stereocenters. The van der Waals surface area contributed by atoms with Crippen LogP contribution in [-0.4, -0.2) is 43.0 Å². The molecule has 0 saturated heterocycles. The fraction of sp³-hybridized carbons (Fsp3) is 0.417. The molecule has 1 aliphatic rings. The highest BCUT2D eigenvalue weighted by Crippen LogP contribution is 2.23. The average Bonchev–Trinajstić information content (AvgIpc) is 2.73. The molecule has 5 nitrogen and oxygen atoms in total. The Kier molecular flexibility index (Phi) is 7.04. The van der Waals surface area contributed by atoms with Crippen molar-refractivity contribution in [3.05, 3.63) is 70.8 Å². The van der Waals surface area contributed by atoms with Gasteiger partial charge in [-0.15, -0.1) is 0 Å². The lowest BCUT2D eigenvalue weighted by molar-refractivity contribution is -0.148. The Hall–Kier alpha value is -2.66. The Morgan fingerprint density at radius 3 is 2.45 bits per heavy atom. The molecule has 0 unspecified atom stereocenters. The molecule has 1 aliphatic heterocycles. The molecule has 0 saturated carbocycles. The molecule has 0 fully saturated rings. The largest absolute Gasteiger partial charge is 0.468 e. The van der Waals surface area contributed by atoms with E-state index in [0.29, 0.717) is 25.4 Å². The smallest absolute Gasteiger partial charge is 0.323 e. The van der Waals surface area contributed by atoms with E-state index in [0.717, 1.165) is 17.5 Å². The molecule has 5 heteroatoms. The van der Waals surface area contributed by atoms with E-state index in [1.807, 2.05) is 23.1 Å². The number of hydrogen-bond acceptors (Lipinski definition) is 4. The van der Waals surface area contributed by atoms with Gasteiger partial charge in [-0.3, -0.25) is 14.5 Å². The average molecular weight is 395 g/mol. The highest BCUT2D eigenvalue weighted by molar-refractivity contribution is 5.81. The summed E-state index contributed by atoms with van der Waals surface area (Å²) in [6, 6.07) is 16.2. The predicted octanol–water partition coefficient (Wildman–Crippen LogP) is 3.07. The Morgan fingerprint density at radius 1 is 1.10 bits per heavy atom. The molecule has 3 rings (SSSR count). The van der Waals surface area contributed by atoms with E-state index >= 15 is 0 Å². The van der Waals surface area contributed by atoms with Gasteiger partial charge in [-0.25, -0.2) is 0 Å². The Bertz CT molecular complexity index is 845. The maximum absolute atomic E-state index is 12.5. The maximum atomic E-state index is 12.5. The minimum Gasteiger partial charge on any atom is -0.468 e. The molecule has 1 heterocycles. The lowest BCUT2D eigenvalue weighted by atomic mass is 9.94. The van der Waals surface area contributed by atoms with Crippen molar-refractivity contribution in [3.63, 3.8) is 0 Å². The van der Waals surface area contributed by atoms with Crippen LogP contribution in [0.2, 0.25) is 0 Å². The monoisotopic (exact) mass is 394 g/mol. The fourth-order valence-electron chi connectivity index (χ4n) is 3.77. The first-order valence-electron chi connectivity index (χ1n) is 10.2. The van der Waals surface area contributed by atoms with Gasteiger partial charge in [0.05, 0.1) is 13.7 Å². The van der Waals surface area contributed by atoms with Crippen molar-refractivity contribution in [3.8, 4) is 0 Å². The quantitative estimate of drug-likeness (QED) is 0.734. The summed E-state index contributed by atoms with van der Waals surface area (Å²) in [5, 5.41) is 2.98. The van der Waals surface area contributed by atoms with Crippen LogP contribution >= 0.6 is 0 Å². The number of nitrogens with zero attached hydrogens (tertiary/aromatic N) is 1. The van der Waals surface area contributed by atoms with E-state index in [1.54, 1.807) is 0 Å². The molecule has 2 aromatic rings. The summed E-state index contributed by atoms with van der Waals surface area (Å²) in [4.78, 5) is 26.7. The zero-order valence-electron chi connectivity index (χ0n) is 17.5. The van der Waals surface area contributed by atoms with Crippen LogP contribution in [0.15, 0.2) is 48.5 Å². The van der Waals surface area contributed by atoms with E-state index in [1.165, 1.54) is 18.2 Å². The van der Waals surface area contributed by atoms with Gasteiger partial charge in [-0.05, 0) is 41.0 Å². The van der Waals surface area contributed by atoms with Gasteiger partial charge in [0.15, 0.2) is 0 Å². The molecule has 0 bridgehead atoms. The molecule has 1 amide bonds. The number of amides is 1. The summed E-state index contributed by atoms with van der Waals surface area (Å²) in [5.41, 5.74) is 4.82. The summed E-state index contributed by atoms with van der Waals surface area (Å²) in [6.07, 6.45) is 1.35. The minimum absolute atomic E-state index is 0.0721. The van der Waals surface area contributed by atoms with Gasteiger partial charge in [0.1, 0.15) is 6.04 Å². The second kappa shape index (κ2) is 9.70. The van der Waals surface area contributed by atoms with Gasteiger partial charge in [-0.2, -0.15) is 0 Å². The summed E-state index contributed by atoms with van der Waals surface area (Å²) < 4.78 is 4.97. The predicted molar refractivity (Wildman–Crippen MR) is 114 cm³/mol. The van der Waals surface area contributed by atoms with Crippen molar-refractivity contribution in [2.24, 2.45) is 0 Å². The van der Waals surface area contributed by atoms with Gasteiger partial charge in [0.2, 0.25) is 5.91 Å². The lowest BCUT2D eigenvalue weighted by Gasteiger charge is -2.34. The Labute approximate surface area is 173 Å². The molecule has 1 N–H and O–H groups in total. The van der Waals surface area contributed by atoms with E-state index in [2.05, 4.69) is 49.5 Å². The van der Waals surface area contributed by atoms with Crippen LogP contribution in [0.1, 0.15) is 42.0 Å². The molecule has 29 heavy (non-hydrogen) atoms. The van der Waals surface area contributed by atoms with Gasteiger partial charge < -0.3 is 10.1 Å². The summed E-state index contributed by atoms with van der Waals surface area (Å²) in [7, 11) is 1.39. The fourth-order valence-corrected chi connectivity index (χ4v) is 3.77. The third-order valence-electron chi connectivity index (χ3n) is 5.55. The van der Waals surface area contributed by atoms with Crippen molar-refractivity contribution in [2.45, 2.75) is 45.2 Å². The number of carbonyl (C=O) groups excluding carboxylic acids is 2. The molecule has 0 radical (unpaired) electrons. The third kappa shape index (κ3) is 5.45. The van der Waals surface area contributed by atoms with E-state index in [9.17, 15) is 9.59 Å². The number of rotatable bonds is 7. The zero-order valence-corrected chi connectivity index (χ0v) is 17.5. The normalized spacial score (nSPS) is 16.3. The summed E-state index contributed by atoms with van der Waals surface area (Å²) in [6.45, 7) is 5.68. The first kappa shape index (κ1) is 21.1. The third-order valence-corrected chi connectivity index (χ3v) is 5.55. The van der Waals surface area contributed by atoms with Gasteiger partial charge >= 0.3 is 5.97 Å². The molecule has 0 aliphatic carbocycles. The Balaban J connectivity index is 1.55. The highest BCUT2D eigenvalue weighted by atomic mass is 16.5. The topological polar surface area (TPSA) is 58.6 Å². The second-order valence-corrected chi connectivity index (χ2v) is 7.91. The van der Waals surface area contributed by atoms with Crippen molar-refractivity contribution in [1.29, 1.82) is 0 Å². The molecule has 0 aromatic heterocycles. The van der Waals surface area contributed by atoms with Crippen LogP contribution in [0.4, 0.5) is 0 Å². The molecule has 2 aromatic carbocycles. The van der Waals surface area contributed by atoms with Crippen LogP contribution < -0.4 is 5.32 Å². The first-order valence-corrected chi connectivity index (χ1v) is 10.2. The van der Waals surface area contributed by atoms with Crippen LogP contribution in [0, 0.1) is 0 Å². The van der Waals surface area contributed by atoms with E-state index in [-0.39, 0.29) is 18.4 Å².